The molecule has 0 radical (unpaired) electrons. The van der Waals surface area contributed by atoms with Crippen molar-refractivity contribution < 1.29 is 32.6 Å². The number of carboxylic acids is 1. The molecule has 1 aliphatic rings. The van der Waals surface area contributed by atoms with Crippen molar-refractivity contribution in [3.63, 3.8) is 0 Å². The first-order chi connectivity index (χ1) is 11.5. The number of aromatic carboxylic acids is 1. The van der Waals surface area contributed by atoms with Gasteiger partial charge in [-0.3, -0.25) is 9.48 Å². The maximum Gasteiger partial charge on any atom is 0.433 e. The first-order valence-corrected chi connectivity index (χ1v) is 8.03. The molecule has 0 bridgehead atoms. The standard InChI is InChI=1S/C16H21F3N2O4/c1-4-25-14(24)11-6-5-9(7-15(11,2)3)21-12(16(17,18)19)10(8-20-21)13(22)23/h8-9,11H,4-7H2,1-3H3,(H,22,23). The predicted octanol–water partition coefficient (Wildman–Crippen LogP) is 3.53. The lowest BCUT2D eigenvalue weighted by molar-refractivity contribution is -0.156. The lowest BCUT2D eigenvalue weighted by Crippen LogP contribution is -2.39. The summed E-state index contributed by atoms with van der Waals surface area (Å²) >= 11 is 0. The highest BCUT2D eigenvalue weighted by atomic mass is 19.4. The summed E-state index contributed by atoms with van der Waals surface area (Å²) in [5.41, 5.74) is -2.71. The van der Waals surface area contributed by atoms with Crippen LogP contribution in [0.3, 0.4) is 0 Å². The Kier molecular flexibility index (Phi) is 5.15. The van der Waals surface area contributed by atoms with Gasteiger partial charge in [0.05, 0.1) is 24.8 Å². The van der Waals surface area contributed by atoms with Crippen LogP contribution in [0.25, 0.3) is 0 Å². The van der Waals surface area contributed by atoms with Gasteiger partial charge in [0.15, 0.2) is 5.69 Å². The molecule has 1 aromatic rings. The van der Waals surface area contributed by atoms with E-state index >= 15 is 0 Å². The largest absolute Gasteiger partial charge is 0.478 e. The highest BCUT2D eigenvalue weighted by Gasteiger charge is 2.46. The Morgan fingerprint density at radius 2 is 2.04 bits per heavy atom. The molecule has 2 rings (SSSR count). The molecule has 2 atom stereocenters. The van der Waals surface area contributed by atoms with Gasteiger partial charge < -0.3 is 9.84 Å². The Hall–Kier alpha value is -2.06. The summed E-state index contributed by atoms with van der Waals surface area (Å²) in [7, 11) is 0. The summed E-state index contributed by atoms with van der Waals surface area (Å²) in [5, 5.41) is 12.7. The zero-order valence-corrected chi connectivity index (χ0v) is 14.3. The quantitative estimate of drug-likeness (QED) is 0.829. The van der Waals surface area contributed by atoms with Crippen LogP contribution in [0, 0.1) is 11.3 Å². The normalized spacial score (nSPS) is 23.3. The summed E-state index contributed by atoms with van der Waals surface area (Å²) in [6.45, 7) is 5.54. The van der Waals surface area contributed by atoms with E-state index in [1.165, 1.54) is 0 Å². The number of hydrogen-bond acceptors (Lipinski definition) is 4. The maximum atomic E-state index is 13.4. The van der Waals surface area contributed by atoms with Crippen LogP contribution < -0.4 is 0 Å². The first kappa shape index (κ1) is 19.3. The summed E-state index contributed by atoms with van der Waals surface area (Å²) in [6.07, 6.45) is -3.19. The van der Waals surface area contributed by atoms with Crippen LogP contribution in [-0.4, -0.2) is 33.4 Å². The fourth-order valence-electron chi connectivity index (χ4n) is 3.57. The van der Waals surface area contributed by atoms with E-state index in [4.69, 9.17) is 9.84 Å². The number of hydrogen-bond donors (Lipinski definition) is 1. The molecule has 1 fully saturated rings. The third-order valence-electron chi connectivity index (χ3n) is 4.70. The molecular formula is C16H21F3N2O4. The topological polar surface area (TPSA) is 81.4 Å². The molecular weight excluding hydrogens is 341 g/mol. The maximum absolute atomic E-state index is 13.4. The van der Waals surface area contributed by atoms with Crippen LogP contribution in [0.5, 0.6) is 0 Å². The minimum atomic E-state index is -4.83. The monoisotopic (exact) mass is 362 g/mol. The third kappa shape index (κ3) is 3.80. The Bertz CT molecular complexity index is 667. The number of aromatic nitrogens is 2. The van der Waals surface area contributed by atoms with Crippen LogP contribution in [0.4, 0.5) is 13.2 Å². The van der Waals surface area contributed by atoms with Crippen molar-refractivity contribution in [2.24, 2.45) is 11.3 Å². The Balaban J connectivity index is 2.34. The molecule has 0 spiro atoms. The second-order valence-electron chi connectivity index (χ2n) is 6.88. The van der Waals surface area contributed by atoms with Crippen LogP contribution in [0.15, 0.2) is 6.20 Å². The van der Waals surface area contributed by atoms with Gasteiger partial charge in [0.2, 0.25) is 0 Å². The summed E-state index contributed by atoms with van der Waals surface area (Å²) in [4.78, 5) is 23.2. The second kappa shape index (κ2) is 6.68. The Labute approximate surface area is 143 Å². The van der Waals surface area contributed by atoms with Crippen LogP contribution in [0.1, 0.15) is 62.1 Å². The van der Waals surface area contributed by atoms with Gasteiger partial charge in [-0.2, -0.15) is 18.3 Å². The molecule has 25 heavy (non-hydrogen) atoms. The number of esters is 1. The molecule has 1 aromatic heterocycles. The van der Waals surface area contributed by atoms with Crippen molar-refractivity contribution in [2.75, 3.05) is 6.61 Å². The zero-order valence-electron chi connectivity index (χ0n) is 14.3. The van der Waals surface area contributed by atoms with E-state index in [1.54, 1.807) is 20.8 Å². The van der Waals surface area contributed by atoms with Crippen LogP contribution in [0.2, 0.25) is 0 Å². The van der Waals surface area contributed by atoms with Crippen molar-refractivity contribution in [3.8, 4) is 0 Å². The SMILES string of the molecule is CCOC(=O)C1CCC(n2ncc(C(=O)O)c2C(F)(F)F)CC1(C)C. The molecule has 1 aliphatic carbocycles. The third-order valence-corrected chi connectivity index (χ3v) is 4.70. The smallest absolute Gasteiger partial charge is 0.433 e. The van der Waals surface area contributed by atoms with Crippen LogP contribution >= 0.6 is 0 Å². The van der Waals surface area contributed by atoms with E-state index in [0.29, 0.717) is 6.42 Å². The Morgan fingerprint density at radius 1 is 1.40 bits per heavy atom. The van der Waals surface area contributed by atoms with Gasteiger partial charge in [-0.1, -0.05) is 13.8 Å². The number of carbonyl (C=O) groups excluding carboxylic acids is 1. The summed E-state index contributed by atoms with van der Waals surface area (Å²) < 4.78 is 45.9. The van der Waals surface area contributed by atoms with E-state index in [0.717, 1.165) is 10.9 Å². The molecule has 140 valence electrons. The molecule has 6 nitrogen and oxygen atoms in total. The van der Waals surface area contributed by atoms with E-state index in [9.17, 15) is 22.8 Å². The fourth-order valence-corrected chi connectivity index (χ4v) is 3.57. The highest BCUT2D eigenvalue weighted by Crippen LogP contribution is 2.47. The molecule has 9 heteroatoms. The van der Waals surface area contributed by atoms with Crippen molar-refractivity contribution >= 4 is 11.9 Å². The molecule has 0 saturated heterocycles. The molecule has 0 aliphatic heterocycles. The van der Waals surface area contributed by atoms with E-state index < -0.39 is 40.8 Å². The van der Waals surface area contributed by atoms with Crippen molar-refractivity contribution in [3.05, 3.63) is 17.5 Å². The fraction of sp³-hybridized carbons (Fsp3) is 0.688. The van der Waals surface area contributed by atoms with Gasteiger partial charge in [-0.15, -0.1) is 0 Å². The van der Waals surface area contributed by atoms with Crippen LogP contribution in [-0.2, 0) is 15.7 Å². The number of alkyl halides is 3. The summed E-state index contributed by atoms with van der Waals surface area (Å²) in [6, 6.07) is -0.634. The number of halogens is 3. The average molecular weight is 362 g/mol. The minimum absolute atomic E-state index is 0.244. The van der Waals surface area contributed by atoms with Gasteiger partial charge in [0.1, 0.15) is 5.56 Å². The number of nitrogens with zero attached hydrogens (tertiary/aromatic N) is 2. The number of ether oxygens (including phenoxy) is 1. The molecule has 2 unspecified atom stereocenters. The van der Waals surface area contributed by atoms with Gasteiger partial charge in [-0.05, 0) is 31.6 Å². The number of carboxylic acid groups (broad SMARTS) is 1. The molecule has 1 saturated carbocycles. The summed E-state index contributed by atoms with van der Waals surface area (Å²) in [5.74, 6) is -2.43. The molecule has 0 amide bonds. The van der Waals surface area contributed by atoms with Gasteiger partial charge in [0, 0.05) is 0 Å². The van der Waals surface area contributed by atoms with Gasteiger partial charge in [0.25, 0.3) is 0 Å². The van der Waals surface area contributed by atoms with E-state index in [-0.39, 0.29) is 25.4 Å². The van der Waals surface area contributed by atoms with E-state index in [2.05, 4.69) is 5.10 Å². The molecule has 1 N–H and O–H groups in total. The highest BCUT2D eigenvalue weighted by molar-refractivity contribution is 5.88. The number of carbonyl (C=O) groups is 2. The van der Waals surface area contributed by atoms with Crippen molar-refractivity contribution in [1.29, 1.82) is 0 Å². The first-order valence-electron chi connectivity index (χ1n) is 8.03. The van der Waals surface area contributed by atoms with Crippen molar-refractivity contribution in [2.45, 2.75) is 52.3 Å². The Morgan fingerprint density at radius 3 is 2.52 bits per heavy atom. The average Bonchev–Trinajstić information content (AvgIpc) is 2.91. The molecule has 1 heterocycles. The number of rotatable bonds is 4. The van der Waals surface area contributed by atoms with Gasteiger partial charge in [-0.25, -0.2) is 4.79 Å². The predicted molar refractivity (Wildman–Crippen MR) is 81.0 cm³/mol. The lowest BCUT2D eigenvalue weighted by Gasteiger charge is -2.41. The molecule has 0 aromatic carbocycles. The van der Waals surface area contributed by atoms with Crippen molar-refractivity contribution in [1.82, 2.24) is 9.78 Å². The second-order valence-corrected chi connectivity index (χ2v) is 6.88. The zero-order chi connectivity index (χ0) is 19.0. The van der Waals surface area contributed by atoms with E-state index in [1.807, 2.05) is 0 Å². The lowest BCUT2D eigenvalue weighted by atomic mass is 9.67. The van der Waals surface area contributed by atoms with Gasteiger partial charge >= 0.3 is 18.1 Å². The minimum Gasteiger partial charge on any atom is -0.478 e.